The Balaban J connectivity index is 2.18. The summed E-state index contributed by atoms with van der Waals surface area (Å²) in [4.78, 5) is 15.8. The van der Waals surface area contributed by atoms with Gasteiger partial charge in [0.1, 0.15) is 5.56 Å². The first-order valence-electron chi connectivity index (χ1n) is 6.07. The van der Waals surface area contributed by atoms with E-state index in [2.05, 4.69) is 15.0 Å². The fraction of sp³-hybridized carbons (Fsp3) is 0.143. The van der Waals surface area contributed by atoms with Gasteiger partial charge in [0.25, 0.3) is 5.91 Å². The van der Waals surface area contributed by atoms with Crippen LogP contribution >= 0.6 is 11.6 Å². The summed E-state index contributed by atoms with van der Waals surface area (Å²) in [5.41, 5.74) is 0.214. The van der Waals surface area contributed by atoms with Gasteiger partial charge in [-0.2, -0.15) is 13.2 Å². The van der Waals surface area contributed by atoms with Gasteiger partial charge in [-0.3, -0.25) is 4.79 Å². The van der Waals surface area contributed by atoms with E-state index in [0.717, 1.165) is 0 Å². The molecule has 1 aromatic carbocycles. The van der Waals surface area contributed by atoms with Crippen LogP contribution in [0, 0.1) is 0 Å². The zero-order chi connectivity index (χ0) is 16.2. The van der Waals surface area contributed by atoms with Crippen molar-refractivity contribution in [2.24, 2.45) is 0 Å². The normalized spacial score (nSPS) is 11.1. The zero-order valence-corrected chi connectivity index (χ0v) is 11.8. The average molecular weight is 331 g/mol. The monoisotopic (exact) mass is 330 g/mol. The third-order valence-electron chi connectivity index (χ3n) is 2.51. The molecule has 0 radical (unpaired) electrons. The number of rotatable bonds is 4. The van der Waals surface area contributed by atoms with Crippen LogP contribution in [0.1, 0.15) is 10.4 Å². The second-order valence-electron chi connectivity index (χ2n) is 4.19. The second-order valence-corrected chi connectivity index (χ2v) is 4.60. The molecule has 8 heteroatoms. The first-order chi connectivity index (χ1) is 10.4. The van der Waals surface area contributed by atoms with Gasteiger partial charge in [0.15, 0.2) is 6.61 Å². The smallest absolute Gasteiger partial charge is 0.422 e. The minimum atomic E-state index is -4.52. The number of ether oxygens (including phenoxy) is 1. The maximum Gasteiger partial charge on any atom is 0.422 e. The van der Waals surface area contributed by atoms with E-state index < -0.39 is 24.6 Å². The van der Waals surface area contributed by atoms with Gasteiger partial charge >= 0.3 is 6.18 Å². The quantitative estimate of drug-likeness (QED) is 0.924. The Labute approximate surface area is 128 Å². The molecule has 0 bridgehead atoms. The van der Waals surface area contributed by atoms with E-state index in [1.165, 1.54) is 18.3 Å². The molecular formula is C14H10ClF3N2O2. The number of halogens is 4. The summed E-state index contributed by atoms with van der Waals surface area (Å²) < 4.78 is 41.2. The topological polar surface area (TPSA) is 51.2 Å². The van der Waals surface area contributed by atoms with Gasteiger partial charge < -0.3 is 10.1 Å². The molecule has 0 aliphatic heterocycles. The number of nitrogens with one attached hydrogen (secondary N) is 1. The number of anilines is 1. The number of carbonyl (C=O) groups is 1. The van der Waals surface area contributed by atoms with Crippen molar-refractivity contribution in [2.45, 2.75) is 6.18 Å². The number of benzene rings is 1. The summed E-state index contributed by atoms with van der Waals surface area (Å²) in [5, 5.41) is 2.80. The third-order valence-corrected chi connectivity index (χ3v) is 2.84. The van der Waals surface area contributed by atoms with Crippen LogP contribution in [0.5, 0.6) is 5.88 Å². The largest absolute Gasteiger partial charge is 0.467 e. The van der Waals surface area contributed by atoms with E-state index in [9.17, 15) is 18.0 Å². The number of para-hydroxylation sites is 1. The standard InChI is InChI=1S/C14H10ClF3N2O2/c15-10-5-1-2-6-11(10)20-12(21)9-4-3-7-19-13(9)22-8-14(16,17)18/h1-7H,8H2,(H,20,21). The molecule has 0 aliphatic carbocycles. The van der Waals surface area contributed by atoms with Crippen molar-refractivity contribution >= 4 is 23.2 Å². The minimum absolute atomic E-state index is 0.119. The van der Waals surface area contributed by atoms with Crippen molar-refractivity contribution in [3.63, 3.8) is 0 Å². The molecule has 2 rings (SSSR count). The summed E-state index contributed by atoms with van der Waals surface area (Å²) in [7, 11) is 0. The van der Waals surface area contributed by atoms with Crippen LogP contribution in [-0.4, -0.2) is 23.7 Å². The van der Waals surface area contributed by atoms with Crippen molar-refractivity contribution in [3.8, 4) is 5.88 Å². The summed E-state index contributed by atoms with van der Waals surface area (Å²) in [6, 6.07) is 9.20. The lowest BCUT2D eigenvalue weighted by molar-refractivity contribution is -0.154. The molecule has 22 heavy (non-hydrogen) atoms. The summed E-state index contributed by atoms with van der Waals surface area (Å²) in [6.07, 6.45) is -3.29. The minimum Gasteiger partial charge on any atom is -0.467 e. The summed E-state index contributed by atoms with van der Waals surface area (Å²) in [6.45, 7) is -1.53. The van der Waals surface area contributed by atoms with Gasteiger partial charge in [0.2, 0.25) is 5.88 Å². The molecule has 0 atom stereocenters. The van der Waals surface area contributed by atoms with Gasteiger partial charge in [-0.05, 0) is 24.3 Å². The maximum absolute atomic E-state index is 12.2. The van der Waals surface area contributed by atoms with Crippen molar-refractivity contribution in [1.82, 2.24) is 4.98 Å². The van der Waals surface area contributed by atoms with Crippen molar-refractivity contribution in [1.29, 1.82) is 0 Å². The van der Waals surface area contributed by atoms with Crippen LogP contribution in [0.15, 0.2) is 42.6 Å². The van der Waals surface area contributed by atoms with E-state index in [4.69, 9.17) is 11.6 Å². The second kappa shape index (κ2) is 6.65. The molecule has 0 fully saturated rings. The lowest BCUT2D eigenvalue weighted by atomic mass is 10.2. The van der Waals surface area contributed by atoms with Crippen LogP contribution in [0.25, 0.3) is 0 Å². The van der Waals surface area contributed by atoms with Gasteiger partial charge in [0, 0.05) is 6.20 Å². The molecule has 0 unspecified atom stereocenters. The van der Waals surface area contributed by atoms with Crippen LogP contribution in [0.4, 0.5) is 18.9 Å². The highest BCUT2D eigenvalue weighted by Crippen LogP contribution is 2.24. The number of hydrogen-bond donors (Lipinski definition) is 1. The molecule has 2 aromatic rings. The van der Waals surface area contributed by atoms with Crippen LogP contribution in [0.3, 0.4) is 0 Å². The van der Waals surface area contributed by atoms with Gasteiger partial charge in [-0.15, -0.1) is 0 Å². The Kier molecular flexibility index (Phi) is 4.87. The summed E-state index contributed by atoms with van der Waals surface area (Å²) >= 11 is 5.91. The number of nitrogens with zero attached hydrogens (tertiary/aromatic N) is 1. The van der Waals surface area contributed by atoms with Crippen molar-refractivity contribution < 1.29 is 22.7 Å². The molecule has 1 amide bonds. The van der Waals surface area contributed by atoms with E-state index in [-0.39, 0.29) is 5.56 Å². The molecule has 1 aromatic heterocycles. The Bertz CT molecular complexity index is 677. The summed E-state index contributed by atoms with van der Waals surface area (Å²) in [5.74, 6) is -1.07. The number of aromatic nitrogens is 1. The molecule has 116 valence electrons. The van der Waals surface area contributed by atoms with Crippen molar-refractivity contribution in [3.05, 3.63) is 53.2 Å². The Morgan fingerprint density at radius 2 is 1.95 bits per heavy atom. The number of amides is 1. The lowest BCUT2D eigenvalue weighted by Crippen LogP contribution is -2.22. The molecule has 0 spiro atoms. The Morgan fingerprint density at radius 3 is 2.64 bits per heavy atom. The third kappa shape index (κ3) is 4.36. The first-order valence-corrected chi connectivity index (χ1v) is 6.45. The maximum atomic E-state index is 12.2. The van der Waals surface area contributed by atoms with Crippen LogP contribution < -0.4 is 10.1 Å². The van der Waals surface area contributed by atoms with Crippen LogP contribution in [0.2, 0.25) is 5.02 Å². The molecule has 0 saturated carbocycles. The number of alkyl halides is 3. The van der Waals surface area contributed by atoms with Crippen LogP contribution in [-0.2, 0) is 0 Å². The van der Waals surface area contributed by atoms with Gasteiger partial charge in [-0.25, -0.2) is 4.98 Å². The highest BCUT2D eigenvalue weighted by Gasteiger charge is 2.29. The number of pyridine rings is 1. The molecule has 1 heterocycles. The predicted octanol–water partition coefficient (Wildman–Crippen LogP) is 3.93. The van der Waals surface area contributed by atoms with E-state index in [0.29, 0.717) is 10.7 Å². The average Bonchev–Trinajstić information content (AvgIpc) is 2.47. The number of hydrogen-bond acceptors (Lipinski definition) is 3. The Morgan fingerprint density at radius 1 is 1.23 bits per heavy atom. The van der Waals surface area contributed by atoms with Gasteiger partial charge in [-0.1, -0.05) is 23.7 Å². The predicted molar refractivity (Wildman–Crippen MR) is 75.2 cm³/mol. The fourth-order valence-electron chi connectivity index (χ4n) is 1.58. The highest BCUT2D eigenvalue weighted by atomic mass is 35.5. The number of carbonyl (C=O) groups excluding carboxylic acids is 1. The first kappa shape index (κ1) is 16.1. The lowest BCUT2D eigenvalue weighted by Gasteiger charge is -2.12. The fourth-order valence-corrected chi connectivity index (χ4v) is 1.76. The van der Waals surface area contributed by atoms with Gasteiger partial charge in [0.05, 0.1) is 10.7 Å². The highest BCUT2D eigenvalue weighted by molar-refractivity contribution is 6.33. The SMILES string of the molecule is O=C(Nc1ccccc1Cl)c1cccnc1OCC(F)(F)F. The molecule has 0 aliphatic rings. The van der Waals surface area contributed by atoms with E-state index >= 15 is 0 Å². The molecule has 1 N–H and O–H groups in total. The molecule has 0 saturated heterocycles. The van der Waals surface area contributed by atoms with E-state index in [1.54, 1.807) is 24.3 Å². The molecular weight excluding hydrogens is 321 g/mol. The molecule has 4 nitrogen and oxygen atoms in total. The Hall–Kier alpha value is -2.28. The van der Waals surface area contributed by atoms with E-state index in [1.807, 2.05) is 0 Å². The zero-order valence-electron chi connectivity index (χ0n) is 11.0. The van der Waals surface area contributed by atoms with Crippen molar-refractivity contribution in [2.75, 3.05) is 11.9 Å².